The molecular weight excluding hydrogens is 476 g/mol. The lowest BCUT2D eigenvalue weighted by molar-refractivity contribution is -0.153. The van der Waals surface area contributed by atoms with Crippen molar-refractivity contribution in [1.82, 2.24) is 0 Å². The summed E-state index contributed by atoms with van der Waals surface area (Å²) in [4.78, 5) is 23.2. The second-order valence-electron chi connectivity index (χ2n) is 5.70. The predicted molar refractivity (Wildman–Crippen MR) is 103 cm³/mol. The van der Waals surface area contributed by atoms with Crippen LogP contribution in [0.2, 0.25) is 0 Å². The molecule has 2 aromatic carbocycles. The van der Waals surface area contributed by atoms with E-state index >= 15 is 0 Å². The summed E-state index contributed by atoms with van der Waals surface area (Å²) in [5.74, 6) is -4.55. The van der Waals surface area contributed by atoms with Crippen molar-refractivity contribution >= 4 is 43.3 Å². The fourth-order valence-electron chi connectivity index (χ4n) is 2.05. The number of alkyl halides is 2. The van der Waals surface area contributed by atoms with Gasteiger partial charge in [-0.2, -0.15) is 8.78 Å². The molecule has 1 amide bonds. The van der Waals surface area contributed by atoms with E-state index < -0.39 is 45.1 Å². The van der Waals surface area contributed by atoms with Crippen LogP contribution in [-0.2, 0) is 24.2 Å². The summed E-state index contributed by atoms with van der Waals surface area (Å²) in [6, 6.07) is 10.9. The Kier molecular flexibility index (Phi) is 7.68. The Morgan fingerprint density at radius 3 is 2.21 bits per heavy atom. The van der Waals surface area contributed by atoms with Crippen LogP contribution in [0.25, 0.3) is 0 Å². The maximum Gasteiger partial charge on any atom is 0.347 e. The predicted octanol–water partition coefficient (Wildman–Crippen LogP) is 3.39. The van der Waals surface area contributed by atoms with Crippen LogP contribution < -0.4 is 10.1 Å². The highest BCUT2D eigenvalue weighted by molar-refractivity contribution is 9.10. The summed E-state index contributed by atoms with van der Waals surface area (Å²) in [7, 11) is -4.71. The lowest BCUT2D eigenvalue weighted by atomic mass is 10.3. The fourth-order valence-corrected chi connectivity index (χ4v) is 3.03. The van der Waals surface area contributed by atoms with Crippen molar-refractivity contribution in [3.8, 4) is 5.75 Å². The number of hydrogen-bond donors (Lipinski definition) is 1. The maximum absolute atomic E-state index is 12.5. The minimum Gasteiger partial charge on any atom is -0.479 e. The number of ether oxygens (including phenoxy) is 2. The van der Waals surface area contributed by atoms with Crippen molar-refractivity contribution in [2.45, 2.75) is 23.7 Å². The molecule has 2 aromatic rings. The molecular formula is C18H16BrF2NO6S. The Labute approximate surface area is 174 Å². The highest BCUT2D eigenvalue weighted by Crippen LogP contribution is 2.20. The number of anilines is 1. The number of halogens is 3. The Balaban J connectivity index is 1.84. The monoisotopic (exact) mass is 491 g/mol. The molecule has 0 aliphatic heterocycles. The van der Waals surface area contributed by atoms with Crippen LogP contribution in [0, 0.1) is 0 Å². The number of esters is 1. The molecule has 1 atom stereocenters. The van der Waals surface area contributed by atoms with Crippen LogP contribution in [0.4, 0.5) is 14.5 Å². The van der Waals surface area contributed by atoms with E-state index in [0.29, 0.717) is 5.75 Å². The number of carbonyl (C=O) groups excluding carboxylic acids is 2. The molecule has 0 radical (unpaired) electrons. The third-order valence-corrected chi connectivity index (χ3v) is 5.43. The molecule has 0 aliphatic rings. The third kappa shape index (κ3) is 6.50. The smallest absolute Gasteiger partial charge is 0.347 e. The zero-order valence-corrected chi connectivity index (χ0v) is 17.4. The summed E-state index contributed by atoms with van der Waals surface area (Å²) < 4.78 is 58.8. The molecule has 0 heterocycles. The summed E-state index contributed by atoms with van der Waals surface area (Å²) >= 11 is 3.27. The van der Waals surface area contributed by atoms with Crippen molar-refractivity contribution in [2.24, 2.45) is 0 Å². The van der Waals surface area contributed by atoms with Gasteiger partial charge >= 0.3 is 11.7 Å². The Morgan fingerprint density at radius 1 is 1.07 bits per heavy atom. The average molecular weight is 492 g/mol. The Hall–Kier alpha value is -2.53. The number of hydrogen-bond acceptors (Lipinski definition) is 6. The van der Waals surface area contributed by atoms with Gasteiger partial charge in [0.05, 0.1) is 4.90 Å². The van der Waals surface area contributed by atoms with Gasteiger partial charge in [0, 0.05) is 10.2 Å². The highest BCUT2D eigenvalue weighted by Gasteiger charge is 2.26. The quantitative estimate of drug-likeness (QED) is 0.568. The molecule has 0 bridgehead atoms. The molecule has 156 valence electrons. The normalized spacial score (nSPS) is 12.3. The Bertz CT molecular complexity index is 965. The largest absolute Gasteiger partial charge is 0.479 e. The molecule has 0 saturated carbocycles. The number of rotatable bonds is 8. The van der Waals surface area contributed by atoms with E-state index in [-0.39, 0.29) is 5.69 Å². The second-order valence-corrected chi connectivity index (χ2v) is 8.53. The summed E-state index contributed by atoms with van der Waals surface area (Å²) in [6.07, 6.45) is -0.956. The van der Waals surface area contributed by atoms with E-state index in [2.05, 4.69) is 21.2 Å². The molecule has 29 heavy (non-hydrogen) atoms. The molecule has 0 saturated heterocycles. The van der Waals surface area contributed by atoms with Gasteiger partial charge in [0.2, 0.25) is 9.84 Å². The van der Waals surface area contributed by atoms with Crippen LogP contribution in [-0.4, -0.2) is 38.8 Å². The summed E-state index contributed by atoms with van der Waals surface area (Å²) in [5.41, 5.74) is 0.151. The lowest BCUT2D eigenvalue weighted by Crippen LogP contribution is -2.29. The topological polar surface area (TPSA) is 98.8 Å². The first kappa shape index (κ1) is 22.8. The Morgan fingerprint density at radius 2 is 1.66 bits per heavy atom. The van der Waals surface area contributed by atoms with Gasteiger partial charge < -0.3 is 14.8 Å². The fraction of sp³-hybridized carbons (Fsp3) is 0.222. The number of amides is 1. The van der Waals surface area contributed by atoms with Crippen molar-refractivity contribution in [3.63, 3.8) is 0 Å². The van der Waals surface area contributed by atoms with E-state index in [1.807, 2.05) is 0 Å². The SMILES string of the molecule is CC(Oc1ccc(Br)cc1)C(=O)OCC(=O)Nc1ccc(S(=O)(=O)C(F)F)cc1. The van der Waals surface area contributed by atoms with Gasteiger partial charge in [-0.25, -0.2) is 13.2 Å². The van der Waals surface area contributed by atoms with E-state index in [9.17, 15) is 26.8 Å². The van der Waals surface area contributed by atoms with Gasteiger partial charge in [0.25, 0.3) is 5.91 Å². The van der Waals surface area contributed by atoms with Crippen molar-refractivity contribution in [2.75, 3.05) is 11.9 Å². The van der Waals surface area contributed by atoms with Crippen LogP contribution in [0.1, 0.15) is 6.92 Å². The number of nitrogens with one attached hydrogen (secondary N) is 1. The standard InChI is InChI=1S/C18H16BrF2NO6S/c1-11(28-14-6-2-12(19)3-7-14)17(24)27-10-16(23)22-13-4-8-15(9-5-13)29(25,26)18(20)21/h2-9,11,18H,10H2,1H3,(H,22,23). The number of sulfone groups is 1. The maximum atomic E-state index is 12.5. The molecule has 2 rings (SSSR count). The van der Waals surface area contributed by atoms with E-state index in [1.54, 1.807) is 24.3 Å². The lowest BCUT2D eigenvalue weighted by Gasteiger charge is -2.14. The van der Waals surface area contributed by atoms with Crippen molar-refractivity contribution in [3.05, 3.63) is 53.0 Å². The minimum absolute atomic E-state index is 0.151. The van der Waals surface area contributed by atoms with Gasteiger partial charge in [-0.3, -0.25) is 4.79 Å². The average Bonchev–Trinajstić information content (AvgIpc) is 2.68. The zero-order valence-electron chi connectivity index (χ0n) is 15.0. The minimum atomic E-state index is -4.71. The molecule has 0 fully saturated rings. The molecule has 7 nitrogen and oxygen atoms in total. The van der Waals surface area contributed by atoms with Crippen LogP contribution in [0.5, 0.6) is 5.75 Å². The van der Waals surface area contributed by atoms with Gasteiger partial charge in [-0.05, 0) is 55.5 Å². The van der Waals surface area contributed by atoms with Crippen LogP contribution in [0.3, 0.4) is 0 Å². The first-order chi connectivity index (χ1) is 13.6. The van der Waals surface area contributed by atoms with Crippen molar-refractivity contribution < 1.29 is 36.3 Å². The van der Waals surface area contributed by atoms with Crippen molar-refractivity contribution in [1.29, 1.82) is 0 Å². The van der Waals surface area contributed by atoms with E-state index in [4.69, 9.17) is 9.47 Å². The second kappa shape index (κ2) is 9.79. The van der Waals surface area contributed by atoms with Gasteiger partial charge in [0.15, 0.2) is 12.7 Å². The zero-order chi connectivity index (χ0) is 21.6. The van der Waals surface area contributed by atoms with E-state index in [1.165, 1.54) is 6.92 Å². The molecule has 1 unspecified atom stereocenters. The molecule has 0 spiro atoms. The highest BCUT2D eigenvalue weighted by atomic mass is 79.9. The van der Waals surface area contributed by atoms with Gasteiger partial charge in [-0.1, -0.05) is 15.9 Å². The molecule has 0 aliphatic carbocycles. The summed E-state index contributed by atoms with van der Waals surface area (Å²) in [5, 5.41) is 2.36. The molecule has 1 N–H and O–H groups in total. The van der Waals surface area contributed by atoms with Gasteiger partial charge in [-0.15, -0.1) is 0 Å². The molecule has 11 heteroatoms. The van der Waals surface area contributed by atoms with Crippen LogP contribution in [0.15, 0.2) is 57.9 Å². The third-order valence-electron chi connectivity index (χ3n) is 3.51. The number of carbonyl (C=O) groups is 2. The summed E-state index contributed by atoms with van der Waals surface area (Å²) in [6.45, 7) is 0.856. The number of benzene rings is 2. The van der Waals surface area contributed by atoms with E-state index in [0.717, 1.165) is 28.7 Å². The van der Waals surface area contributed by atoms with Crippen LogP contribution >= 0.6 is 15.9 Å². The first-order valence-electron chi connectivity index (χ1n) is 8.10. The van der Waals surface area contributed by atoms with Gasteiger partial charge in [0.1, 0.15) is 5.75 Å². The molecule has 0 aromatic heterocycles. The first-order valence-corrected chi connectivity index (χ1v) is 10.4.